The number of aliphatic hydroxyl groups is 1. The molecule has 1 aliphatic heterocycles. The number of amides is 5. The molecule has 1 aromatic carbocycles. The van der Waals surface area contributed by atoms with Crippen molar-refractivity contribution >= 4 is 29.7 Å². The molecule has 3 aliphatic rings. The van der Waals surface area contributed by atoms with E-state index in [1.165, 1.54) is 13.1 Å². The van der Waals surface area contributed by atoms with Crippen molar-refractivity contribution in [1.82, 2.24) is 31.5 Å². The van der Waals surface area contributed by atoms with Crippen LogP contribution in [0.25, 0.3) is 0 Å². The summed E-state index contributed by atoms with van der Waals surface area (Å²) in [5, 5.41) is 25.6. The third kappa shape index (κ3) is 8.66. The molecule has 0 bridgehead atoms. The van der Waals surface area contributed by atoms with Crippen molar-refractivity contribution in [3.05, 3.63) is 48.0 Å². The highest BCUT2D eigenvalue weighted by Gasteiger charge is 2.69. The number of alkyl carbamates (subject to hydrolysis) is 1. The van der Waals surface area contributed by atoms with Crippen molar-refractivity contribution in [2.45, 2.75) is 97.6 Å². The number of fused-ring (bicyclic) bond motifs is 2. The number of benzene rings is 1. The zero-order valence-corrected chi connectivity index (χ0v) is 30.5. The molecule has 5 amide bonds. The maximum Gasteiger partial charge on any atom is 0.406 e. The number of piperidine rings is 1. The van der Waals surface area contributed by atoms with Crippen molar-refractivity contribution in [2.75, 3.05) is 26.7 Å². The monoisotopic (exact) mass is 696 g/mol. The van der Waals surface area contributed by atoms with Gasteiger partial charge in [0, 0.05) is 20.1 Å². The molecular weight excluding hydrogens is 640 g/mol. The summed E-state index contributed by atoms with van der Waals surface area (Å²) >= 11 is 0. The van der Waals surface area contributed by atoms with Crippen LogP contribution in [0.15, 0.2) is 36.9 Å². The van der Waals surface area contributed by atoms with E-state index >= 15 is 0 Å². The summed E-state index contributed by atoms with van der Waals surface area (Å²) < 4.78 is 5.28. The van der Waals surface area contributed by atoms with Gasteiger partial charge in [-0.15, -0.1) is 6.58 Å². The van der Waals surface area contributed by atoms with Gasteiger partial charge >= 0.3 is 12.1 Å². The molecule has 13 heteroatoms. The summed E-state index contributed by atoms with van der Waals surface area (Å²) in [4.78, 5) is 67.6. The van der Waals surface area contributed by atoms with E-state index in [0.29, 0.717) is 32.2 Å². The number of nitrogens with zero attached hydrogens (tertiary/aromatic N) is 1. The van der Waals surface area contributed by atoms with Crippen molar-refractivity contribution < 1.29 is 33.8 Å². The van der Waals surface area contributed by atoms with Crippen LogP contribution in [0.5, 0.6) is 0 Å². The van der Waals surface area contributed by atoms with Crippen LogP contribution in [0, 0.1) is 28.6 Å². The van der Waals surface area contributed by atoms with Gasteiger partial charge in [-0.05, 0) is 59.0 Å². The lowest BCUT2D eigenvalue weighted by Gasteiger charge is -2.39. The highest BCUT2D eigenvalue weighted by atomic mass is 16.5. The first-order chi connectivity index (χ1) is 23.5. The maximum atomic E-state index is 14.7. The number of hydrogen-bond donors (Lipinski definition) is 6. The Balaban J connectivity index is 1.59. The quantitative estimate of drug-likeness (QED) is 0.0919. The van der Waals surface area contributed by atoms with E-state index in [9.17, 15) is 29.1 Å². The van der Waals surface area contributed by atoms with Gasteiger partial charge in [0.15, 0.2) is 0 Å². The second-order valence-corrected chi connectivity index (χ2v) is 15.6. The van der Waals surface area contributed by atoms with Crippen molar-refractivity contribution in [3.8, 4) is 0 Å². The first-order valence-corrected chi connectivity index (χ1v) is 17.7. The molecule has 1 saturated carbocycles. The van der Waals surface area contributed by atoms with Gasteiger partial charge < -0.3 is 36.0 Å². The first-order valence-electron chi connectivity index (χ1n) is 17.7. The summed E-state index contributed by atoms with van der Waals surface area (Å²) in [6.07, 6.45) is 1.63. The van der Waals surface area contributed by atoms with Gasteiger partial charge in [-0.1, -0.05) is 78.3 Å². The average Bonchev–Trinajstić information content (AvgIpc) is 3.43. The van der Waals surface area contributed by atoms with Gasteiger partial charge in [0.1, 0.15) is 18.9 Å². The van der Waals surface area contributed by atoms with Crippen molar-refractivity contribution in [3.63, 3.8) is 0 Å². The number of Topliss-reactive ketones (excluding diaryl/α,β-unsaturated/α-hetero) is 1. The van der Waals surface area contributed by atoms with Crippen LogP contribution in [-0.2, 0) is 32.0 Å². The van der Waals surface area contributed by atoms with Gasteiger partial charge in [-0.3, -0.25) is 19.7 Å². The Kier molecular flexibility index (Phi) is 12.4. The third-order valence-corrected chi connectivity index (χ3v) is 10.8. The molecule has 0 spiro atoms. The van der Waals surface area contributed by atoms with Gasteiger partial charge in [0.25, 0.3) is 5.91 Å². The van der Waals surface area contributed by atoms with E-state index in [1.807, 2.05) is 52.0 Å². The minimum Gasteiger partial charge on any atom is -0.447 e. The molecule has 13 nitrogen and oxygen atoms in total. The summed E-state index contributed by atoms with van der Waals surface area (Å²) in [5.41, 5.74) is 1.60. The first kappa shape index (κ1) is 38.8. The Morgan fingerprint density at radius 1 is 1.10 bits per heavy atom. The van der Waals surface area contributed by atoms with Crippen LogP contribution in [-0.4, -0.2) is 96.9 Å². The molecule has 4 rings (SSSR count). The highest BCUT2D eigenvalue weighted by Crippen LogP contribution is 2.65. The zero-order valence-electron chi connectivity index (χ0n) is 30.5. The third-order valence-electron chi connectivity index (χ3n) is 10.8. The normalized spacial score (nSPS) is 23.0. The lowest BCUT2D eigenvalue weighted by molar-refractivity contribution is -0.142. The summed E-state index contributed by atoms with van der Waals surface area (Å²) in [6, 6.07) is 4.27. The molecular formula is C37H56N6O7. The number of likely N-dealkylation sites (tertiary alicyclic amines) is 1. The number of aliphatic hydroxyl groups excluding tert-OH is 1. The molecule has 276 valence electrons. The fraction of sp³-hybridized carbons (Fsp3) is 0.649. The largest absolute Gasteiger partial charge is 0.447 e. The summed E-state index contributed by atoms with van der Waals surface area (Å²) in [7, 11) is 1.45. The minimum absolute atomic E-state index is 0.0525. The molecule has 5 unspecified atom stereocenters. The standard InChI is InChI=1S/C37H56N6O7/c1-9-13-25(30(44)32(46)39-16-10-2)40-31(45)29-27-24(37(27,6)7)19-43(29)33(47)28(23-17-21-14-11-12-15-22(21)18-23)42-34(48)41-26(36(3,4)5)20-50-35(49)38-8/h10-12,14-15,23-29,31,40,45H,2,9,13,16-20H2,1,3-8H3,(H,38,49)(H,39,46)(H2,41,42,48)/t24-,25?,26+,27?,28?,29?,31?/m0/s1. The minimum atomic E-state index is -1.30. The fourth-order valence-electron chi connectivity index (χ4n) is 7.71. The molecule has 1 saturated heterocycles. The molecule has 1 heterocycles. The number of rotatable bonds is 15. The molecule has 50 heavy (non-hydrogen) atoms. The summed E-state index contributed by atoms with van der Waals surface area (Å²) in [5.74, 6) is -1.96. The Morgan fingerprint density at radius 2 is 1.74 bits per heavy atom. The predicted octanol–water partition coefficient (Wildman–Crippen LogP) is 2.27. The topological polar surface area (TPSA) is 178 Å². The van der Waals surface area contributed by atoms with Crippen LogP contribution < -0.4 is 26.6 Å². The second-order valence-electron chi connectivity index (χ2n) is 15.6. The molecule has 0 aromatic heterocycles. The molecule has 2 aliphatic carbocycles. The van der Waals surface area contributed by atoms with E-state index in [0.717, 1.165) is 11.1 Å². The Bertz CT molecular complexity index is 1420. The lowest BCUT2D eigenvalue weighted by atomic mass is 9.87. The van der Waals surface area contributed by atoms with Gasteiger partial charge in [0.05, 0.1) is 18.1 Å². The number of carbonyl (C=O) groups excluding carboxylic acids is 5. The van der Waals surface area contributed by atoms with Gasteiger partial charge in [-0.2, -0.15) is 0 Å². The van der Waals surface area contributed by atoms with Crippen LogP contribution >= 0.6 is 0 Å². The van der Waals surface area contributed by atoms with Gasteiger partial charge in [0.2, 0.25) is 11.7 Å². The highest BCUT2D eigenvalue weighted by molar-refractivity contribution is 6.38. The average molecular weight is 697 g/mol. The van der Waals surface area contributed by atoms with Gasteiger partial charge in [-0.25, -0.2) is 9.59 Å². The van der Waals surface area contributed by atoms with Crippen LogP contribution in [0.4, 0.5) is 9.59 Å². The lowest BCUT2D eigenvalue weighted by Crippen LogP contribution is -2.62. The Labute approximate surface area is 295 Å². The van der Waals surface area contributed by atoms with Crippen molar-refractivity contribution in [1.29, 1.82) is 0 Å². The molecule has 2 fully saturated rings. The van der Waals surface area contributed by atoms with E-state index in [-0.39, 0.29) is 42.2 Å². The number of ketones is 1. The van der Waals surface area contributed by atoms with E-state index < -0.39 is 59.6 Å². The number of nitrogens with one attached hydrogen (secondary N) is 5. The number of ether oxygens (including phenoxy) is 1. The van der Waals surface area contributed by atoms with E-state index in [1.54, 1.807) is 4.90 Å². The predicted molar refractivity (Wildman–Crippen MR) is 189 cm³/mol. The SMILES string of the molecule is C=CCNC(=O)C(=O)C(CCC)NC(O)C1C2[C@H](CN1C(=O)C(NC(=O)N[C@H](COC(=O)NC)C(C)(C)C)C1Cc3ccccc3C1)C2(C)C. The Morgan fingerprint density at radius 3 is 2.30 bits per heavy atom. The number of carbonyl (C=O) groups is 5. The fourth-order valence-corrected chi connectivity index (χ4v) is 7.71. The Hall–Kier alpha value is -3.97. The number of urea groups is 1. The second kappa shape index (κ2) is 15.9. The van der Waals surface area contributed by atoms with Crippen LogP contribution in [0.1, 0.15) is 65.5 Å². The maximum absolute atomic E-state index is 14.7. The van der Waals surface area contributed by atoms with Crippen LogP contribution in [0.2, 0.25) is 0 Å². The molecule has 6 N–H and O–H groups in total. The number of hydrogen-bond acceptors (Lipinski definition) is 8. The van der Waals surface area contributed by atoms with E-state index in [4.69, 9.17) is 4.74 Å². The van der Waals surface area contributed by atoms with Crippen LogP contribution in [0.3, 0.4) is 0 Å². The zero-order chi connectivity index (χ0) is 37.0. The molecule has 1 aromatic rings. The molecule has 7 atom stereocenters. The van der Waals surface area contributed by atoms with Crippen molar-refractivity contribution in [2.24, 2.45) is 28.6 Å². The molecule has 0 radical (unpaired) electrons. The van der Waals surface area contributed by atoms with E-state index in [2.05, 4.69) is 47.0 Å². The smallest absolute Gasteiger partial charge is 0.406 e. The summed E-state index contributed by atoms with van der Waals surface area (Å²) in [6.45, 7) is 15.9.